The Morgan fingerprint density at radius 2 is 2.21 bits per heavy atom. The maximum atomic E-state index is 6.21. The summed E-state index contributed by atoms with van der Waals surface area (Å²) in [5.74, 6) is 6.02. The summed E-state index contributed by atoms with van der Waals surface area (Å²) in [5.41, 5.74) is 3.70. The second-order valence-electron chi connectivity index (χ2n) is 4.61. The van der Waals surface area contributed by atoms with Crippen LogP contribution in [0.1, 0.15) is 25.1 Å². The molecule has 0 aromatic carbocycles. The van der Waals surface area contributed by atoms with E-state index in [9.17, 15) is 0 Å². The second kappa shape index (κ2) is 8.50. The molecule has 0 saturated heterocycles. The molecular weight excluding hydrogens is 268 g/mol. The van der Waals surface area contributed by atoms with Crippen LogP contribution in [0.4, 0.5) is 0 Å². The summed E-state index contributed by atoms with van der Waals surface area (Å²) in [6.45, 7) is 4.02. The van der Waals surface area contributed by atoms with E-state index in [0.717, 1.165) is 12.1 Å². The summed E-state index contributed by atoms with van der Waals surface area (Å²) >= 11 is 6.21. The van der Waals surface area contributed by atoms with Gasteiger partial charge in [0.05, 0.1) is 36.1 Å². The van der Waals surface area contributed by atoms with E-state index in [1.165, 1.54) is 0 Å². The minimum Gasteiger partial charge on any atom is -0.384 e. The molecule has 3 N–H and O–H groups in total. The van der Waals surface area contributed by atoms with Crippen LogP contribution in [-0.2, 0) is 16.0 Å². The quantitative estimate of drug-likeness (QED) is 0.531. The Kier molecular flexibility index (Phi) is 7.33. The fraction of sp³-hybridized carbons (Fsp3) is 0.750. The number of halogens is 1. The maximum absolute atomic E-state index is 6.21. The average Bonchev–Trinajstić information content (AvgIpc) is 2.75. The Labute approximate surface area is 119 Å². The van der Waals surface area contributed by atoms with Crippen LogP contribution >= 0.6 is 11.6 Å². The van der Waals surface area contributed by atoms with Gasteiger partial charge in [-0.1, -0.05) is 18.5 Å². The predicted molar refractivity (Wildman–Crippen MR) is 74.8 cm³/mol. The lowest BCUT2D eigenvalue weighted by molar-refractivity contribution is 0.147. The third kappa shape index (κ3) is 4.74. The number of hydrogen-bond acceptors (Lipinski definition) is 5. The first-order valence-corrected chi connectivity index (χ1v) is 6.67. The van der Waals surface area contributed by atoms with Gasteiger partial charge in [0.1, 0.15) is 0 Å². The number of nitrogens with one attached hydrogen (secondary N) is 1. The monoisotopic (exact) mass is 290 g/mol. The molecule has 0 aliphatic carbocycles. The Balaban J connectivity index is 2.81. The van der Waals surface area contributed by atoms with Crippen molar-refractivity contribution in [3.8, 4) is 0 Å². The summed E-state index contributed by atoms with van der Waals surface area (Å²) in [6, 6.07) is -0.0583. The van der Waals surface area contributed by atoms with Gasteiger partial charge in [-0.2, -0.15) is 5.10 Å². The number of hydrazine groups is 1. The molecule has 0 fully saturated rings. The standard InChI is InChI=1S/C12H23ClN4O2/c1-9(8-19-3)6-11(16-14)12-10(13)7-15-17(12)4-5-18-2/h7,9,11,16H,4-6,8,14H2,1-3H3. The van der Waals surface area contributed by atoms with Gasteiger partial charge in [0, 0.05) is 20.8 Å². The van der Waals surface area contributed by atoms with E-state index in [1.54, 1.807) is 20.4 Å². The molecule has 110 valence electrons. The van der Waals surface area contributed by atoms with Crippen molar-refractivity contribution in [1.29, 1.82) is 0 Å². The third-order valence-electron chi connectivity index (χ3n) is 2.96. The van der Waals surface area contributed by atoms with Crippen LogP contribution in [0.3, 0.4) is 0 Å². The smallest absolute Gasteiger partial charge is 0.0834 e. The molecule has 1 heterocycles. The molecule has 0 radical (unpaired) electrons. The first kappa shape index (κ1) is 16.4. The highest BCUT2D eigenvalue weighted by Crippen LogP contribution is 2.27. The van der Waals surface area contributed by atoms with Gasteiger partial charge in [-0.3, -0.25) is 16.0 Å². The summed E-state index contributed by atoms with van der Waals surface area (Å²) < 4.78 is 12.0. The topological polar surface area (TPSA) is 74.3 Å². The fourth-order valence-corrected chi connectivity index (χ4v) is 2.36. The van der Waals surface area contributed by atoms with Crippen molar-refractivity contribution >= 4 is 11.6 Å². The van der Waals surface area contributed by atoms with Crippen LogP contribution in [0.2, 0.25) is 5.02 Å². The molecule has 7 heteroatoms. The maximum Gasteiger partial charge on any atom is 0.0834 e. The van der Waals surface area contributed by atoms with Crippen molar-refractivity contribution in [3.05, 3.63) is 16.9 Å². The van der Waals surface area contributed by atoms with Crippen LogP contribution < -0.4 is 11.3 Å². The van der Waals surface area contributed by atoms with Gasteiger partial charge in [0.25, 0.3) is 0 Å². The molecule has 0 spiro atoms. The molecule has 1 rings (SSSR count). The van der Waals surface area contributed by atoms with Crippen molar-refractivity contribution in [1.82, 2.24) is 15.2 Å². The molecule has 0 aliphatic rings. The van der Waals surface area contributed by atoms with Crippen LogP contribution in [0.15, 0.2) is 6.20 Å². The number of ether oxygens (including phenoxy) is 2. The zero-order chi connectivity index (χ0) is 14.3. The number of nitrogens with two attached hydrogens (primary N) is 1. The molecule has 1 aromatic heterocycles. The van der Waals surface area contributed by atoms with E-state index in [0.29, 0.717) is 30.7 Å². The molecule has 0 saturated carbocycles. The van der Waals surface area contributed by atoms with Gasteiger partial charge in [-0.15, -0.1) is 0 Å². The summed E-state index contributed by atoms with van der Waals surface area (Å²) in [5, 5.41) is 4.87. The van der Waals surface area contributed by atoms with Crippen LogP contribution in [0.5, 0.6) is 0 Å². The highest BCUT2D eigenvalue weighted by molar-refractivity contribution is 6.31. The van der Waals surface area contributed by atoms with Crippen molar-refractivity contribution < 1.29 is 9.47 Å². The molecule has 2 atom stereocenters. The first-order chi connectivity index (χ1) is 9.13. The molecule has 2 unspecified atom stereocenters. The predicted octanol–water partition coefficient (Wildman–Crippen LogP) is 1.36. The lowest BCUT2D eigenvalue weighted by Crippen LogP contribution is -2.32. The third-order valence-corrected chi connectivity index (χ3v) is 3.25. The highest BCUT2D eigenvalue weighted by atomic mass is 35.5. The molecular formula is C12H23ClN4O2. The number of aromatic nitrogens is 2. The summed E-state index contributed by atoms with van der Waals surface area (Å²) in [6.07, 6.45) is 2.46. The van der Waals surface area contributed by atoms with Crippen LogP contribution in [-0.4, -0.2) is 37.2 Å². The van der Waals surface area contributed by atoms with Gasteiger partial charge in [0.2, 0.25) is 0 Å². The Morgan fingerprint density at radius 3 is 2.79 bits per heavy atom. The van der Waals surface area contributed by atoms with E-state index >= 15 is 0 Å². The zero-order valence-electron chi connectivity index (χ0n) is 11.7. The first-order valence-electron chi connectivity index (χ1n) is 6.29. The summed E-state index contributed by atoms with van der Waals surface area (Å²) in [4.78, 5) is 0. The minimum atomic E-state index is -0.0583. The van der Waals surface area contributed by atoms with Crippen molar-refractivity contribution in [2.45, 2.75) is 25.9 Å². The van der Waals surface area contributed by atoms with Gasteiger partial charge in [0.15, 0.2) is 0 Å². The number of rotatable bonds is 9. The Hall–Kier alpha value is -0.660. The van der Waals surface area contributed by atoms with E-state index < -0.39 is 0 Å². The molecule has 0 amide bonds. The molecule has 0 aliphatic heterocycles. The lowest BCUT2D eigenvalue weighted by Gasteiger charge is -2.21. The Morgan fingerprint density at radius 1 is 1.47 bits per heavy atom. The van der Waals surface area contributed by atoms with Crippen molar-refractivity contribution in [3.63, 3.8) is 0 Å². The number of nitrogens with zero attached hydrogens (tertiary/aromatic N) is 2. The average molecular weight is 291 g/mol. The zero-order valence-corrected chi connectivity index (χ0v) is 12.5. The van der Waals surface area contributed by atoms with Crippen LogP contribution in [0, 0.1) is 5.92 Å². The number of hydrogen-bond donors (Lipinski definition) is 2. The van der Waals surface area contributed by atoms with Gasteiger partial charge in [-0.25, -0.2) is 0 Å². The van der Waals surface area contributed by atoms with E-state index in [2.05, 4.69) is 17.4 Å². The van der Waals surface area contributed by atoms with Gasteiger partial charge < -0.3 is 9.47 Å². The van der Waals surface area contributed by atoms with Gasteiger partial charge in [-0.05, 0) is 12.3 Å². The lowest BCUT2D eigenvalue weighted by atomic mass is 10.0. The van der Waals surface area contributed by atoms with Crippen LogP contribution in [0.25, 0.3) is 0 Å². The molecule has 6 nitrogen and oxygen atoms in total. The number of methoxy groups -OCH3 is 2. The molecule has 19 heavy (non-hydrogen) atoms. The van der Waals surface area contributed by atoms with Gasteiger partial charge >= 0.3 is 0 Å². The highest BCUT2D eigenvalue weighted by Gasteiger charge is 2.21. The molecule has 1 aromatic rings. The largest absolute Gasteiger partial charge is 0.384 e. The second-order valence-corrected chi connectivity index (χ2v) is 5.02. The van der Waals surface area contributed by atoms with E-state index in [-0.39, 0.29) is 6.04 Å². The van der Waals surface area contributed by atoms with Crippen molar-refractivity contribution in [2.24, 2.45) is 11.8 Å². The van der Waals surface area contributed by atoms with Crippen molar-refractivity contribution in [2.75, 3.05) is 27.4 Å². The normalized spacial score (nSPS) is 14.6. The SMILES string of the molecule is COCCn1ncc(Cl)c1C(CC(C)COC)NN. The fourth-order valence-electron chi connectivity index (χ4n) is 2.09. The molecule has 0 bridgehead atoms. The summed E-state index contributed by atoms with van der Waals surface area (Å²) in [7, 11) is 3.35. The Bertz CT molecular complexity index is 373. The van der Waals surface area contributed by atoms with E-state index in [1.807, 2.05) is 4.68 Å². The van der Waals surface area contributed by atoms with E-state index in [4.69, 9.17) is 26.9 Å². The minimum absolute atomic E-state index is 0.0583.